The van der Waals surface area contributed by atoms with Crippen LogP contribution in [0.15, 0.2) is 54.7 Å². The Hall–Kier alpha value is -3.50. The van der Waals surface area contributed by atoms with E-state index >= 15 is 0 Å². The summed E-state index contributed by atoms with van der Waals surface area (Å²) in [5.74, 6) is 1.11. The Morgan fingerprint density at radius 3 is 2.59 bits per heavy atom. The quantitative estimate of drug-likeness (QED) is 0.670. The van der Waals surface area contributed by atoms with Gasteiger partial charge in [-0.1, -0.05) is 18.2 Å². The van der Waals surface area contributed by atoms with E-state index < -0.39 is 0 Å². The molecule has 1 aromatic carbocycles. The van der Waals surface area contributed by atoms with E-state index in [4.69, 9.17) is 0 Å². The van der Waals surface area contributed by atoms with Crippen molar-refractivity contribution in [3.8, 4) is 17.5 Å². The van der Waals surface area contributed by atoms with Crippen LogP contribution in [-0.4, -0.2) is 47.0 Å². The van der Waals surface area contributed by atoms with Gasteiger partial charge in [-0.2, -0.15) is 10.2 Å². The molecule has 0 bridgehead atoms. The lowest BCUT2D eigenvalue weighted by molar-refractivity contribution is 0.425. The number of likely N-dealkylation sites (N-methyl/N-ethyl adjacent to an activating group) is 1. The summed E-state index contributed by atoms with van der Waals surface area (Å²) < 4.78 is 0. The first-order valence-corrected chi connectivity index (χ1v) is 8.61. The maximum Gasteiger partial charge on any atom is 0.225 e. The second-order valence-electron chi connectivity index (χ2n) is 6.19. The highest BCUT2D eigenvalue weighted by molar-refractivity contribution is 5.68. The predicted molar refractivity (Wildman–Crippen MR) is 107 cm³/mol. The Kier molecular flexibility index (Phi) is 5.92. The maximum atomic E-state index is 9.30. The lowest BCUT2D eigenvalue weighted by atomic mass is 10.2. The number of benzene rings is 1. The molecule has 2 N–H and O–H groups in total. The first-order chi connectivity index (χ1) is 13.2. The van der Waals surface area contributed by atoms with Gasteiger partial charge in [0.05, 0.1) is 22.6 Å². The molecule has 7 heteroatoms. The number of anilines is 3. The third-order valence-corrected chi connectivity index (χ3v) is 3.81. The van der Waals surface area contributed by atoms with Crippen LogP contribution in [0.25, 0.3) is 11.4 Å². The summed E-state index contributed by atoms with van der Waals surface area (Å²) in [4.78, 5) is 15.6. The number of hydrogen-bond donors (Lipinski definition) is 2. The van der Waals surface area contributed by atoms with E-state index in [0.717, 1.165) is 12.2 Å². The number of pyridine rings is 1. The lowest BCUT2D eigenvalue weighted by Gasteiger charge is -2.13. The van der Waals surface area contributed by atoms with Crippen molar-refractivity contribution in [2.75, 3.05) is 37.8 Å². The molecule has 0 unspecified atom stereocenters. The van der Waals surface area contributed by atoms with Crippen LogP contribution < -0.4 is 10.6 Å². The Bertz CT molecular complexity index is 933. The molecule has 3 aromatic rings. The summed E-state index contributed by atoms with van der Waals surface area (Å²) in [6.07, 6.45) is 1.73. The van der Waals surface area contributed by atoms with Gasteiger partial charge in [-0.3, -0.25) is 4.98 Å². The predicted octanol–water partition coefficient (Wildman–Crippen LogP) is 3.13. The maximum absolute atomic E-state index is 9.30. The molecule has 2 heterocycles. The van der Waals surface area contributed by atoms with Crippen molar-refractivity contribution in [3.63, 3.8) is 0 Å². The van der Waals surface area contributed by atoms with Gasteiger partial charge < -0.3 is 15.5 Å². The van der Waals surface area contributed by atoms with E-state index in [-0.39, 0.29) is 0 Å². The third kappa shape index (κ3) is 5.00. The van der Waals surface area contributed by atoms with Crippen molar-refractivity contribution in [1.82, 2.24) is 19.9 Å². The summed E-state index contributed by atoms with van der Waals surface area (Å²) in [6.45, 7) is 1.57. The van der Waals surface area contributed by atoms with Crippen molar-refractivity contribution in [3.05, 3.63) is 60.3 Å². The first kappa shape index (κ1) is 18.3. The van der Waals surface area contributed by atoms with Gasteiger partial charge in [-0.25, -0.2) is 4.98 Å². The zero-order chi connectivity index (χ0) is 19.1. The van der Waals surface area contributed by atoms with Crippen LogP contribution in [0.1, 0.15) is 5.56 Å². The number of nitrogens with one attached hydrogen (secondary N) is 2. The Morgan fingerprint density at radius 2 is 1.85 bits per heavy atom. The van der Waals surface area contributed by atoms with Gasteiger partial charge >= 0.3 is 0 Å². The van der Waals surface area contributed by atoms with Gasteiger partial charge in [0.1, 0.15) is 11.9 Å². The molecule has 0 aliphatic rings. The van der Waals surface area contributed by atoms with E-state index in [9.17, 15) is 5.26 Å². The molecule has 3 rings (SSSR count). The van der Waals surface area contributed by atoms with E-state index in [0.29, 0.717) is 35.3 Å². The van der Waals surface area contributed by atoms with Crippen molar-refractivity contribution in [2.45, 2.75) is 0 Å². The minimum atomic E-state index is 0.511. The zero-order valence-electron chi connectivity index (χ0n) is 15.3. The zero-order valence-corrected chi connectivity index (χ0v) is 15.3. The first-order valence-electron chi connectivity index (χ1n) is 8.61. The Balaban J connectivity index is 1.93. The molecule has 0 fully saturated rings. The van der Waals surface area contributed by atoms with Gasteiger partial charge in [0.2, 0.25) is 5.95 Å². The normalized spacial score (nSPS) is 10.4. The van der Waals surface area contributed by atoms with Crippen molar-refractivity contribution < 1.29 is 0 Å². The van der Waals surface area contributed by atoms with Gasteiger partial charge in [-0.05, 0) is 38.4 Å². The average Bonchev–Trinajstić information content (AvgIpc) is 2.69. The van der Waals surface area contributed by atoms with Crippen LogP contribution in [0, 0.1) is 11.3 Å². The molecule has 136 valence electrons. The Morgan fingerprint density at radius 1 is 1.04 bits per heavy atom. The number of rotatable bonds is 7. The highest BCUT2D eigenvalue weighted by Crippen LogP contribution is 2.24. The topological polar surface area (TPSA) is 89.8 Å². The minimum Gasteiger partial charge on any atom is -0.353 e. The van der Waals surface area contributed by atoms with E-state index in [2.05, 4.69) is 36.6 Å². The van der Waals surface area contributed by atoms with Gasteiger partial charge in [0, 0.05) is 25.4 Å². The summed E-state index contributed by atoms with van der Waals surface area (Å²) in [5.41, 5.74) is 2.71. The van der Waals surface area contributed by atoms with Gasteiger partial charge in [-0.15, -0.1) is 0 Å². The molecule has 0 saturated carbocycles. The van der Waals surface area contributed by atoms with Crippen LogP contribution in [0.4, 0.5) is 17.5 Å². The second-order valence-corrected chi connectivity index (χ2v) is 6.19. The van der Waals surface area contributed by atoms with Crippen LogP contribution in [0.5, 0.6) is 0 Å². The molecular formula is C20H21N7. The monoisotopic (exact) mass is 359 g/mol. The van der Waals surface area contributed by atoms with Crippen LogP contribution in [0.2, 0.25) is 0 Å². The molecule has 0 spiro atoms. The molecule has 0 aliphatic heterocycles. The smallest absolute Gasteiger partial charge is 0.225 e. The standard InChI is InChI=1S/C20H21N7/c1-27(2)12-11-23-20-25-18(17-9-5-6-10-22-17)13-19(26-20)24-16-8-4-3-7-15(16)14-21/h3-10,13H,11-12H2,1-2H3,(H2,23,24,25,26). The van der Waals surface area contributed by atoms with E-state index in [1.54, 1.807) is 12.3 Å². The fourth-order valence-corrected chi connectivity index (χ4v) is 2.45. The van der Waals surface area contributed by atoms with Crippen molar-refractivity contribution >= 4 is 17.5 Å². The summed E-state index contributed by atoms with van der Waals surface area (Å²) in [7, 11) is 4.03. The van der Waals surface area contributed by atoms with Crippen LogP contribution >= 0.6 is 0 Å². The molecule has 0 saturated heterocycles. The highest BCUT2D eigenvalue weighted by atomic mass is 15.2. The summed E-state index contributed by atoms with van der Waals surface area (Å²) in [6, 6.07) is 17.0. The number of nitriles is 1. The average molecular weight is 359 g/mol. The Labute approximate surface area is 158 Å². The van der Waals surface area contributed by atoms with E-state index in [1.165, 1.54) is 0 Å². The number of nitrogens with zero attached hydrogens (tertiary/aromatic N) is 5. The number of hydrogen-bond acceptors (Lipinski definition) is 7. The molecule has 2 aromatic heterocycles. The van der Waals surface area contributed by atoms with Crippen molar-refractivity contribution in [2.24, 2.45) is 0 Å². The number of para-hydroxylation sites is 1. The molecule has 27 heavy (non-hydrogen) atoms. The summed E-state index contributed by atoms with van der Waals surface area (Å²) in [5, 5.41) is 15.8. The lowest BCUT2D eigenvalue weighted by Crippen LogP contribution is -2.21. The van der Waals surface area contributed by atoms with Crippen LogP contribution in [0.3, 0.4) is 0 Å². The van der Waals surface area contributed by atoms with Gasteiger partial charge in [0.25, 0.3) is 0 Å². The molecule has 7 nitrogen and oxygen atoms in total. The fraction of sp³-hybridized carbons (Fsp3) is 0.200. The highest BCUT2D eigenvalue weighted by Gasteiger charge is 2.09. The van der Waals surface area contributed by atoms with Gasteiger partial charge in [0.15, 0.2) is 0 Å². The van der Waals surface area contributed by atoms with Crippen LogP contribution in [-0.2, 0) is 0 Å². The summed E-state index contributed by atoms with van der Waals surface area (Å²) >= 11 is 0. The third-order valence-electron chi connectivity index (χ3n) is 3.81. The SMILES string of the molecule is CN(C)CCNc1nc(Nc2ccccc2C#N)cc(-c2ccccn2)n1. The minimum absolute atomic E-state index is 0.511. The molecule has 0 radical (unpaired) electrons. The molecule has 0 atom stereocenters. The largest absolute Gasteiger partial charge is 0.353 e. The molecule has 0 aliphatic carbocycles. The van der Waals surface area contributed by atoms with E-state index in [1.807, 2.05) is 56.6 Å². The second kappa shape index (κ2) is 8.74. The molecular weight excluding hydrogens is 338 g/mol. The fourth-order valence-electron chi connectivity index (χ4n) is 2.45. The van der Waals surface area contributed by atoms with Crippen molar-refractivity contribution in [1.29, 1.82) is 5.26 Å². The number of aromatic nitrogens is 3. The molecule has 0 amide bonds.